The van der Waals surface area contributed by atoms with Gasteiger partial charge in [-0.2, -0.15) is 13.2 Å². The minimum absolute atomic E-state index is 0.528. The summed E-state index contributed by atoms with van der Waals surface area (Å²) in [6.45, 7) is 3.36. The van der Waals surface area contributed by atoms with Crippen LogP contribution in [0.3, 0.4) is 0 Å². The van der Waals surface area contributed by atoms with Crippen molar-refractivity contribution in [2.24, 2.45) is 0 Å². The normalized spacial score (nSPS) is 11.7. The van der Waals surface area contributed by atoms with E-state index in [0.29, 0.717) is 27.2 Å². The van der Waals surface area contributed by atoms with Crippen molar-refractivity contribution in [3.63, 3.8) is 0 Å². The molecule has 2 aromatic rings. The summed E-state index contributed by atoms with van der Waals surface area (Å²) in [6.07, 6.45) is -4.33. The van der Waals surface area contributed by atoms with Crippen LogP contribution < -0.4 is 0 Å². The van der Waals surface area contributed by atoms with Crippen molar-refractivity contribution in [3.8, 4) is 11.3 Å². The van der Waals surface area contributed by atoms with Gasteiger partial charge in [-0.3, -0.25) is 0 Å². The molecule has 0 unspecified atom stereocenters. The lowest BCUT2D eigenvalue weighted by atomic mass is 10.0. The van der Waals surface area contributed by atoms with Gasteiger partial charge in [0.25, 0.3) is 0 Å². The van der Waals surface area contributed by atoms with Gasteiger partial charge in [-0.1, -0.05) is 6.07 Å². The van der Waals surface area contributed by atoms with Crippen LogP contribution in [-0.2, 0) is 6.18 Å². The molecule has 0 saturated carbocycles. The number of alkyl halides is 3. The van der Waals surface area contributed by atoms with Crippen LogP contribution in [0.5, 0.6) is 0 Å². The highest BCUT2D eigenvalue weighted by molar-refractivity contribution is 9.10. The lowest BCUT2D eigenvalue weighted by molar-refractivity contribution is -0.137. The highest BCUT2D eigenvalue weighted by Crippen LogP contribution is 2.33. The van der Waals surface area contributed by atoms with Crippen LogP contribution in [-0.4, -0.2) is 9.97 Å². The van der Waals surface area contributed by atoms with Crippen molar-refractivity contribution >= 4 is 15.9 Å². The van der Waals surface area contributed by atoms with Gasteiger partial charge in [-0.15, -0.1) is 0 Å². The van der Waals surface area contributed by atoms with Crippen LogP contribution in [0.15, 0.2) is 28.9 Å². The molecule has 0 atom stereocenters. The van der Waals surface area contributed by atoms with E-state index in [0.717, 1.165) is 12.1 Å². The van der Waals surface area contributed by atoms with Gasteiger partial charge in [0.15, 0.2) is 0 Å². The molecule has 1 heterocycles. The zero-order valence-electron chi connectivity index (χ0n) is 10.2. The zero-order chi connectivity index (χ0) is 14.2. The lowest BCUT2D eigenvalue weighted by Crippen LogP contribution is -2.05. The monoisotopic (exact) mass is 330 g/mol. The maximum atomic E-state index is 12.6. The van der Waals surface area contributed by atoms with Crippen LogP contribution in [0.4, 0.5) is 13.2 Å². The Morgan fingerprint density at radius 1 is 1.05 bits per heavy atom. The van der Waals surface area contributed by atoms with Gasteiger partial charge >= 0.3 is 6.18 Å². The summed E-state index contributed by atoms with van der Waals surface area (Å²) in [7, 11) is 0. The minimum Gasteiger partial charge on any atom is -0.233 e. The Bertz CT molecular complexity index is 604. The third-order valence-corrected chi connectivity index (χ3v) is 3.04. The molecule has 0 radical (unpaired) electrons. The summed E-state index contributed by atoms with van der Waals surface area (Å²) in [6, 6.07) is 5.31. The molecule has 0 saturated heterocycles. The van der Waals surface area contributed by atoms with Gasteiger partial charge in [0.1, 0.15) is 10.4 Å². The molecule has 2 nitrogen and oxygen atoms in total. The van der Waals surface area contributed by atoms with Crippen molar-refractivity contribution in [2.75, 3.05) is 0 Å². The van der Waals surface area contributed by atoms with Gasteiger partial charge in [0.05, 0.1) is 11.3 Å². The van der Waals surface area contributed by atoms with Crippen molar-refractivity contribution in [1.29, 1.82) is 0 Å². The summed E-state index contributed by atoms with van der Waals surface area (Å²) in [5.41, 5.74) is 1.14. The van der Waals surface area contributed by atoms with E-state index in [1.807, 2.05) is 0 Å². The van der Waals surface area contributed by atoms with E-state index in [-0.39, 0.29) is 0 Å². The molecule has 2 rings (SSSR count). The quantitative estimate of drug-likeness (QED) is 0.717. The first-order chi connectivity index (χ1) is 8.77. The molecular weight excluding hydrogens is 321 g/mol. The molecule has 0 amide bonds. The predicted molar refractivity (Wildman–Crippen MR) is 69.6 cm³/mol. The summed E-state index contributed by atoms with van der Waals surface area (Å²) < 4.78 is 38.4. The molecule has 0 aliphatic rings. The van der Waals surface area contributed by atoms with Crippen molar-refractivity contribution in [2.45, 2.75) is 20.0 Å². The topological polar surface area (TPSA) is 25.8 Å². The van der Waals surface area contributed by atoms with E-state index in [9.17, 15) is 13.2 Å². The fraction of sp³-hybridized carbons (Fsp3) is 0.231. The maximum absolute atomic E-state index is 12.6. The molecule has 0 aliphatic carbocycles. The maximum Gasteiger partial charge on any atom is 0.416 e. The number of halogens is 4. The SMILES string of the molecule is Cc1nc(Br)cc(-c2ccc(C(F)(F)F)cc2C)n1. The van der Waals surface area contributed by atoms with Crippen LogP contribution in [0, 0.1) is 13.8 Å². The second kappa shape index (κ2) is 4.92. The fourth-order valence-electron chi connectivity index (χ4n) is 1.80. The number of hydrogen-bond acceptors (Lipinski definition) is 2. The summed E-state index contributed by atoms with van der Waals surface area (Å²) in [4.78, 5) is 8.31. The lowest BCUT2D eigenvalue weighted by Gasteiger charge is -2.11. The van der Waals surface area contributed by atoms with Crippen molar-refractivity contribution in [3.05, 3.63) is 45.8 Å². The Hall–Kier alpha value is -1.43. The summed E-state index contributed by atoms with van der Waals surface area (Å²) in [5, 5.41) is 0. The van der Waals surface area contributed by atoms with Crippen LogP contribution in [0.25, 0.3) is 11.3 Å². The Kier molecular flexibility index (Phi) is 3.62. The number of nitrogens with zero attached hydrogens (tertiary/aromatic N) is 2. The van der Waals surface area contributed by atoms with Gasteiger partial charge in [0.2, 0.25) is 0 Å². The second-order valence-corrected chi connectivity index (χ2v) is 4.96. The number of benzene rings is 1. The largest absolute Gasteiger partial charge is 0.416 e. The molecule has 100 valence electrons. The smallest absolute Gasteiger partial charge is 0.233 e. The Morgan fingerprint density at radius 2 is 1.74 bits per heavy atom. The third kappa shape index (κ3) is 3.12. The Morgan fingerprint density at radius 3 is 2.26 bits per heavy atom. The molecule has 19 heavy (non-hydrogen) atoms. The van der Waals surface area contributed by atoms with E-state index < -0.39 is 11.7 Å². The average molecular weight is 331 g/mol. The van der Waals surface area contributed by atoms with E-state index in [2.05, 4.69) is 25.9 Å². The zero-order valence-corrected chi connectivity index (χ0v) is 11.8. The predicted octanol–water partition coefficient (Wildman–Crippen LogP) is 4.54. The number of rotatable bonds is 1. The molecule has 1 aromatic heterocycles. The molecule has 6 heteroatoms. The minimum atomic E-state index is -4.33. The second-order valence-electron chi connectivity index (χ2n) is 4.15. The summed E-state index contributed by atoms with van der Waals surface area (Å²) in [5.74, 6) is 0.559. The standard InChI is InChI=1S/C13H10BrF3N2/c1-7-5-9(13(15,16)17)3-4-10(7)11-6-12(14)19-8(2)18-11/h3-6H,1-2H3. The molecule has 0 aliphatic heterocycles. The van der Waals surface area contributed by atoms with E-state index >= 15 is 0 Å². The van der Waals surface area contributed by atoms with Gasteiger partial charge < -0.3 is 0 Å². The third-order valence-electron chi connectivity index (χ3n) is 2.64. The van der Waals surface area contributed by atoms with Gasteiger partial charge in [0, 0.05) is 5.56 Å². The van der Waals surface area contributed by atoms with Gasteiger partial charge in [-0.05, 0) is 53.5 Å². The Balaban J connectivity index is 2.52. The van der Waals surface area contributed by atoms with E-state index in [1.54, 1.807) is 19.9 Å². The Labute approximate surface area is 116 Å². The van der Waals surface area contributed by atoms with E-state index in [4.69, 9.17) is 0 Å². The van der Waals surface area contributed by atoms with Gasteiger partial charge in [-0.25, -0.2) is 9.97 Å². The number of hydrogen-bond donors (Lipinski definition) is 0. The highest BCUT2D eigenvalue weighted by Gasteiger charge is 2.30. The van der Waals surface area contributed by atoms with Crippen LogP contribution >= 0.6 is 15.9 Å². The van der Waals surface area contributed by atoms with Crippen molar-refractivity contribution in [1.82, 2.24) is 9.97 Å². The molecule has 0 bridgehead atoms. The molecule has 0 spiro atoms. The highest BCUT2D eigenvalue weighted by atomic mass is 79.9. The first kappa shape index (κ1) is 14.0. The first-order valence-corrected chi connectivity index (χ1v) is 6.26. The number of aryl methyl sites for hydroxylation is 2. The summed E-state index contributed by atoms with van der Waals surface area (Å²) >= 11 is 3.25. The van der Waals surface area contributed by atoms with Crippen LogP contribution in [0.1, 0.15) is 17.0 Å². The average Bonchev–Trinajstić information content (AvgIpc) is 2.26. The van der Waals surface area contributed by atoms with Crippen LogP contribution in [0.2, 0.25) is 0 Å². The molecule has 1 aromatic carbocycles. The van der Waals surface area contributed by atoms with Crippen molar-refractivity contribution < 1.29 is 13.2 Å². The number of aromatic nitrogens is 2. The first-order valence-electron chi connectivity index (χ1n) is 5.47. The fourth-order valence-corrected chi connectivity index (χ4v) is 2.27. The molecule has 0 N–H and O–H groups in total. The molecular formula is C13H10BrF3N2. The molecule has 0 fully saturated rings. The van der Waals surface area contributed by atoms with E-state index in [1.165, 1.54) is 6.07 Å².